The summed E-state index contributed by atoms with van der Waals surface area (Å²) in [5, 5.41) is 0. The van der Waals surface area contributed by atoms with Gasteiger partial charge in [-0.15, -0.1) is 0 Å². The number of benzene rings is 2. The number of hydrogen-bond acceptors (Lipinski definition) is 4. The Hall–Kier alpha value is -2.38. The highest BCUT2D eigenvalue weighted by Crippen LogP contribution is 2.27. The van der Waals surface area contributed by atoms with E-state index < -0.39 is 10.0 Å². The molecule has 7 heteroatoms. The third-order valence-electron chi connectivity index (χ3n) is 6.69. The standard InChI is InChI=1S/C25H33N3O3S/c1-19-7-9-22(10-8-19)32(30,31)26-21-13-17-27(18-14-21)24-6-4-3-5-23(24)25(29)28-15-11-20(2)12-16-28/h3-10,20-21,26H,11-18H2,1-2H3. The lowest BCUT2D eigenvalue weighted by Gasteiger charge is -2.36. The number of nitrogens with zero attached hydrogens (tertiary/aromatic N) is 2. The molecule has 0 unspecified atom stereocenters. The predicted molar refractivity (Wildman–Crippen MR) is 127 cm³/mol. The molecule has 0 saturated carbocycles. The second-order valence-electron chi connectivity index (χ2n) is 9.19. The number of likely N-dealkylation sites (tertiary alicyclic amines) is 1. The monoisotopic (exact) mass is 455 g/mol. The molecule has 0 spiro atoms. The maximum atomic E-state index is 13.2. The van der Waals surface area contributed by atoms with Gasteiger partial charge in [-0.05, 0) is 62.8 Å². The maximum absolute atomic E-state index is 13.2. The maximum Gasteiger partial charge on any atom is 0.255 e. The van der Waals surface area contributed by atoms with Crippen LogP contribution in [0.1, 0.15) is 48.5 Å². The number of hydrogen-bond donors (Lipinski definition) is 1. The second-order valence-corrected chi connectivity index (χ2v) is 10.9. The molecule has 2 heterocycles. The molecule has 2 aromatic rings. The van der Waals surface area contributed by atoms with Crippen LogP contribution in [0, 0.1) is 12.8 Å². The lowest BCUT2D eigenvalue weighted by Crippen LogP contribution is -2.45. The molecule has 1 amide bonds. The molecule has 1 N–H and O–H groups in total. The van der Waals surface area contributed by atoms with Crippen molar-refractivity contribution in [2.24, 2.45) is 5.92 Å². The minimum Gasteiger partial charge on any atom is -0.371 e. The average Bonchev–Trinajstić information content (AvgIpc) is 2.80. The molecule has 32 heavy (non-hydrogen) atoms. The SMILES string of the molecule is Cc1ccc(S(=O)(=O)NC2CCN(c3ccccc3C(=O)N3CCC(C)CC3)CC2)cc1. The number of aryl methyl sites for hydroxylation is 1. The Kier molecular flexibility index (Phi) is 6.86. The molecule has 2 aliphatic rings. The topological polar surface area (TPSA) is 69.7 Å². The molecule has 6 nitrogen and oxygen atoms in total. The van der Waals surface area contributed by atoms with E-state index in [1.54, 1.807) is 12.1 Å². The normalized spacial score (nSPS) is 18.7. The third-order valence-corrected chi connectivity index (χ3v) is 8.23. The van der Waals surface area contributed by atoms with E-state index in [2.05, 4.69) is 16.5 Å². The van der Waals surface area contributed by atoms with Crippen molar-refractivity contribution in [3.05, 3.63) is 59.7 Å². The van der Waals surface area contributed by atoms with E-state index in [-0.39, 0.29) is 11.9 Å². The lowest BCUT2D eigenvalue weighted by atomic mass is 9.98. The predicted octanol–water partition coefficient (Wildman–Crippen LogP) is 3.81. The van der Waals surface area contributed by atoms with Crippen LogP contribution >= 0.6 is 0 Å². The van der Waals surface area contributed by atoms with Crippen LogP contribution in [0.2, 0.25) is 0 Å². The molecular formula is C25H33N3O3S. The van der Waals surface area contributed by atoms with E-state index in [1.807, 2.05) is 48.2 Å². The zero-order valence-corrected chi connectivity index (χ0v) is 19.8. The van der Waals surface area contributed by atoms with Gasteiger partial charge in [0.25, 0.3) is 5.91 Å². The van der Waals surface area contributed by atoms with Gasteiger partial charge in [0.1, 0.15) is 0 Å². The fourth-order valence-electron chi connectivity index (χ4n) is 4.56. The van der Waals surface area contributed by atoms with Gasteiger partial charge < -0.3 is 9.80 Å². The fourth-order valence-corrected chi connectivity index (χ4v) is 5.86. The minimum atomic E-state index is -3.53. The molecule has 0 aromatic heterocycles. The van der Waals surface area contributed by atoms with E-state index in [4.69, 9.17) is 0 Å². The van der Waals surface area contributed by atoms with Crippen molar-refractivity contribution in [1.82, 2.24) is 9.62 Å². The molecule has 0 radical (unpaired) electrons. The lowest BCUT2D eigenvalue weighted by molar-refractivity contribution is 0.0697. The Bertz CT molecular complexity index is 1040. The molecule has 0 bridgehead atoms. The minimum absolute atomic E-state index is 0.106. The number of anilines is 1. The Labute approximate surface area is 191 Å². The average molecular weight is 456 g/mol. The van der Waals surface area contributed by atoms with Crippen LogP contribution in [-0.4, -0.2) is 51.4 Å². The van der Waals surface area contributed by atoms with Crippen molar-refractivity contribution >= 4 is 21.6 Å². The van der Waals surface area contributed by atoms with Gasteiger partial charge in [-0.1, -0.05) is 36.8 Å². The summed E-state index contributed by atoms with van der Waals surface area (Å²) in [6.45, 7) is 7.24. The Morgan fingerprint density at radius 1 is 0.906 bits per heavy atom. The number of sulfonamides is 1. The first-order chi connectivity index (χ1) is 15.3. The Morgan fingerprint density at radius 3 is 2.19 bits per heavy atom. The number of rotatable bonds is 5. The summed E-state index contributed by atoms with van der Waals surface area (Å²) in [5.41, 5.74) is 2.74. The van der Waals surface area contributed by atoms with Crippen LogP contribution < -0.4 is 9.62 Å². The van der Waals surface area contributed by atoms with E-state index >= 15 is 0 Å². The Balaban J connectivity index is 1.40. The molecular weight excluding hydrogens is 422 g/mol. The highest BCUT2D eigenvalue weighted by atomic mass is 32.2. The van der Waals surface area contributed by atoms with Gasteiger partial charge in [-0.2, -0.15) is 0 Å². The zero-order chi connectivity index (χ0) is 22.7. The zero-order valence-electron chi connectivity index (χ0n) is 19.0. The Morgan fingerprint density at radius 2 is 1.53 bits per heavy atom. The second kappa shape index (κ2) is 9.63. The number of carbonyl (C=O) groups is 1. The van der Waals surface area contributed by atoms with Crippen LogP contribution in [0.15, 0.2) is 53.4 Å². The summed E-state index contributed by atoms with van der Waals surface area (Å²) in [4.78, 5) is 17.7. The van der Waals surface area contributed by atoms with Crippen molar-refractivity contribution in [3.63, 3.8) is 0 Å². The summed E-state index contributed by atoms with van der Waals surface area (Å²) in [6.07, 6.45) is 3.52. The molecule has 4 rings (SSSR count). The number of carbonyl (C=O) groups excluding carboxylic acids is 1. The van der Waals surface area contributed by atoms with E-state index in [9.17, 15) is 13.2 Å². The molecule has 0 atom stereocenters. The smallest absolute Gasteiger partial charge is 0.255 e. The molecule has 2 saturated heterocycles. The van der Waals surface area contributed by atoms with Crippen LogP contribution in [-0.2, 0) is 10.0 Å². The summed E-state index contributed by atoms with van der Waals surface area (Å²) in [5.74, 6) is 0.784. The third kappa shape index (κ3) is 5.15. The van der Waals surface area contributed by atoms with Gasteiger partial charge in [0.15, 0.2) is 0 Å². The number of piperidine rings is 2. The molecule has 172 valence electrons. The number of nitrogens with one attached hydrogen (secondary N) is 1. The first-order valence-corrected chi connectivity index (χ1v) is 13.0. The summed E-state index contributed by atoms with van der Waals surface area (Å²) < 4.78 is 28.3. The number of para-hydroxylation sites is 1. The van der Waals surface area contributed by atoms with E-state index in [1.165, 1.54) is 0 Å². The van der Waals surface area contributed by atoms with E-state index in [0.717, 1.165) is 42.7 Å². The van der Waals surface area contributed by atoms with Crippen LogP contribution in [0.3, 0.4) is 0 Å². The van der Waals surface area contributed by atoms with Gasteiger partial charge >= 0.3 is 0 Å². The highest BCUT2D eigenvalue weighted by molar-refractivity contribution is 7.89. The molecule has 2 aromatic carbocycles. The highest BCUT2D eigenvalue weighted by Gasteiger charge is 2.28. The van der Waals surface area contributed by atoms with Gasteiger partial charge in [0.05, 0.1) is 10.5 Å². The quantitative estimate of drug-likeness (QED) is 0.744. The van der Waals surface area contributed by atoms with Crippen molar-refractivity contribution in [1.29, 1.82) is 0 Å². The molecule has 2 fully saturated rings. The van der Waals surface area contributed by atoms with Gasteiger partial charge in [0, 0.05) is 37.9 Å². The van der Waals surface area contributed by atoms with Crippen LogP contribution in [0.5, 0.6) is 0 Å². The fraction of sp³-hybridized carbons (Fsp3) is 0.480. The summed E-state index contributed by atoms with van der Waals surface area (Å²) >= 11 is 0. The van der Waals surface area contributed by atoms with Gasteiger partial charge in [0.2, 0.25) is 10.0 Å². The van der Waals surface area contributed by atoms with Gasteiger partial charge in [-0.25, -0.2) is 13.1 Å². The van der Waals surface area contributed by atoms with Crippen LogP contribution in [0.25, 0.3) is 0 Å². The first-order valence-electron chi connectivity index (χ1n) is 11.6. The van der Waals surface area contributed by atoms with Gasteiger partial charge in [-0.3, -0.25) is 4.79 Å². The van der Waals surface area contributed by atoms with Crippen molar-refractivity contribution < 1.29 is 13.2 Å². The van der Waals surface area contributed by atoms with Crippen LogP contribution in [0.4, 0.5) is 5.69 Å². The number of amides is 1. The van der Waals surface area contributed by atoms with Crippen molar-refractivity contribution in [3.8, 4) is 0 Å². The molecule has 2 aliphatic heterocycles. The molecule has 0 aliphatic carbocycles. The van der Waals surface area contributed by atoms with Crippen molar-refractivity contribution in [2.75, 3.05) is 31.1 Å². The largest absolute Gasteiger partial charge is 0.371 e. The summed E-state index contributed by atoms with van der Waals surface area (Å²) in [7, 11) is -3.53. The van der Waals surface area contributed by atoms with E-state index in [0.29, 0.717) is 36.7 Å². The summed E-state index contributed by atoms with van der Waals surface area (Å²) in [6, 6.07) is 14.6. The van der Waals surface area contributed by atoms with Crippen molar-refractivity contribution in [2.45, 2.75) is 50.5 Å². The first kappa shape index (κ1) is 22.8.